The average molecular weight is 302 g/mol. The van der Waals surface area contributed by atoms with Gasteiger partial charge in [-0.05, 0) is 17.0 Å². The minimum absolute atomic E-state index is 0.225. The minimum Gasteiger partial charge on any atom is -0.550 e. The molecular weight excluding hydrogens is 287 g/mol. The monoisotopic (exact) mass is 302 g/mol. The third kappa shape index (κ3) is 5.09. The van der Waals surface area contributed by atoms with E-state index in [0.29, 0.717) is 0 Å². The van der Waals surface area contributed by atoms with Gasteiger partial charge in [-0.25, -0.2) is 0 Å². The minimum atomic E-state index is -5.07. The molecule has 0 saturated carbocycles. The number of hydrogen-bond donors (Lipinski definition) is 1. The highest BCUT2D eigenvalue weighted by Gasteiger charge is 2.39. The Morgan fingerprint density at radius 2 is 1.62 bits per heavy atom. The van der Waals surface area contributed by atoms with Crippen LogP contribution in [0.1, 0.15) is 43.4 Å². The average Bonchev–Trinajstić information content (AvgIpc) is 2.36. The maximum Gasteiger partial charge on any atom is 0.471 e. The molecule has 0 radical (unpaired) electrons. The smallest absolute Gasteiger partial charge is 0.471 e. The van der Waals surface area contributed by atoms with Gasteiger partial charge in [-0.3, -0.25) is 4.79 Å². The van der Waals surface area contributed by atoms with E-state index in [-0.39, 0.29) is 11.5 Å². The number of nitrogens with one attached hydrogen (secondary N) is 1. The second kappa shape index (κ2) is 6.60. The van der Waals surface area contributed by atoms with Crippen molar-refractivity contribution in [1.29, 1.82) is 0 Å². The van der Waals surface area contributed by atoms with Gasteiger partial charge in [0.05, 0.1) is 6.04 Å². The van der Waals surface area contributed by atoms with Gasteiger partial charge in [-0.1, -0.05) is 38.1 Å². The number of rotatable bonds is 5. The molecule has 0 aliphatic rings. The zero-order valence-electron chi connectivity index (χ0n) is 11.5. The molecule has 1 atom stereocenters. The van der Waals surface area contributed by atoms with Crippen LogP contribution >= 0.6 is 0 Å². The molecule has 0 aromatic heterocycles. The fourth-order valence-corrected chi connectivity index (χ4v) is 1.77. The molecule has 0 heterocycles. The van der Waals surface area contributed by atoms with E-state index in [2.05, 4.69) is 0 Å². The van der Waals surface area contributed by atoms with Crippen LogP contribution in [-0.4, -0.2) is 18.1 Å². The highest BCUT2D eigenvalue weighted by atomic mass is 19.4. The van der Waals surface area contributed by atoms with Crippen molar-refractivity contribution >= 4 is 11.9 Å². The molecule has 1 N–H and O–H groups in total. The van der Waals surface area contributed by atoms with Gasteiger partial charge in [0.2, 0.25) is 0 Å². The number of hydrogen-bond acceptors (Lipinski definition) is 3. The molecule has 7 heteroatoms. The maximum atomic E-state index is 12.3. The molecule has 116 valence electrons. The van der Waals surface area contributed by atoms with Crippen molar-refractivity contribution in [3.63, 3.8) is 0 Å². The molecule has 0 unspecified atom stereocenters. The number of carboxylic acids is 1. The van der Waals surface area contributed by atoms with Crippen LogP contribution in [0.15, 0.2) is 24.3 Å². The molecular formula is C14H15F3NO3-. The standard InChI is InChI=1S/C14H16F3NO3/c1-8(2)9-3-5-10(6-4-9)11(7-12(19)20)18-13(21)14(15,16)17/h3-6,8,11H,7H2,1-2H3,(H,18,21)(H,19,20)/p-1/t11-/m0/s1. The topological polar surface area (TPSA) is 69.2 Å². The Morgan fingerprint density at radius 1 is 1.14 bits per heavy atom. The van der Waals surface area contributed by atoms with Crippen LogP contribution in [0.4, 0.5) is 13.2 Å². The van der Waals surface area contributed by atoms with Gasteiger partial charge < -0.3 is 15.2 Å². The van der Waals surface area contributed by atoms with Crippen LogP contribution in [-0.2, 0) is 9.59 Å². The normalized spacial score (nSPS) is 13.0. The van der Waals surface area contributed by atoms with Crippen LogP contribution < -0.4 is 10.4 Å². The fourth-order valence-electron chi connectivity index (χ4n) is 1.77. The zero-order valence-corrected chi connectivity index (χ0v) is 11.5. The Morgan fingerprint density at radius 3 is 2.00 bits per heavy atom. The number of benzene rings is 1. The molecule has 0 aliphatic heterocycles. The number of aliphatic carboxylic acids is 1. The number of carbonyl (C=O) groups is 2. The number of amides is 1. The van der Waals surface area contributed by atoms with Gasteiger partial charge in [0, 0.05) is 12.4 Å². The third-order valence-electron chi connectivity index (χ3n) is 2.94. The number of alkyl halides is 3. The summed E-state index contributed by atoms with van der Waals surface area (Å²) in [6.45, 7) is 3.89. The van der Waals surface area contributed by atoms with Gasteiger partial charge in [0.1, 0.15) is 0 Å². The van der Waals surface area contributed by atoms with E-state index in [9.17, 15) is 27.9 Å². The second-order valence-corrected chi connectivity index (χ2v) is 4.92. The SMILES string of the molecule is CC(C)c1ccc([C@H](CC(=O)[O-])NC(=O)C(F)(F)F)cc1. The van der Waals surface area contributed by atoms with Gasteiger partial charge in [-0.2, -0.15) is 13.2 Å². The Balaban J connectivity index is 2.97. The number of halogens is 3. The summed E-state index contributed by atoms with van der Waals surface area (Å²) >= 11 is 0. The Labute approximate surface area is 120 Å². The summed E-state index contributed by atoms with van der Waals surface area (Å²) in [7, 11) is 0. The molecule has 21 heavy (non-hydrogen) atoms. The molecule has 0 saturated heterocycles. The van der Waals surface area contributed by atoms with Crippen molar-refractivity contribution in [2.24, 2.45) is 0 Å². The van der Waals surface area contributed by atoms with E-state index in [0.717, 1.165) is 5.56 Å². The summed E-state index contributed by atoms with van der Waals surface area (Å²) in [5.41, 5.74) is 1.23. The molecule has 4 nitrogen and oxygen atoms in total. The van der Waals surface area contributed by atoms with Crippen molar-refractivity contribution in [3.8, 4) is 0 Å². The van der Waals surface area contributed by atoms with E-state index in [1.165, 1.54) is 12.1 Å². The van der Waals surface area contributed by atoms with Gasteiger partial charge in [-0.15, -0.1) is 0 Å². The number of carboxylic acid groups (broad SMARTS) is 1. The highest BCUT2D eigenvalue weighted by Crippen LogP contribution is 2.23. The van der Waals surface area contributed by atoms with Crippen LogP contribution in [0, 0.1) is 0 Å². The van der Waals surface area contributed by atoms with Crippen molar-refractivity contribution in [3.05, 3.63) is 35.4 Å². The van der Waals surface area contributed by atoms with E-state index >= 15 is 0 Å². The first-order valence-electron chi connectivity index (χ1n) is 6.28. The van der Waals surface area contributed by atoms with Crippen LogP contribution in [0.5, 0.6) is 0 Å². The van der Waals surface area contributed by atoms with E-state index in [4.69, 9.17) is 0 Å². The molecule has 0 spiro atoms. The molecule has 1 aromatic rings. The highest BCUT2D eigenvalue weighted by molar-refractivity contribution is 5.82. The van der Waals surface area contributed by atoms with E-state index in [1.807, 2.05) is 13.8 Å². The first kappa shape index (κ1) is 17.0. The number of carbonyl (C=O) groups excluding carboxylic acids is 2. The summed E-state index contributed by atoms with van der Waals surface area (Å²) in [6, 6.07) is 5.08. The Hall–Kier alpha value is -2.05. The van der Waals surface area contributed by atoms with E-state index in [1.54, 1.807) is 17.4 Å². The molecule has 0 aliphatic carbocycles. The summed E-state index contributed by atoms with van der Waals surface area (Å²) in [5.74, 6) is -3.50. The Kier molecular flexibility index (Phi) is 5.34. The first-order valence-corrected chi connectivity index (χ1v) is 6.28. The predicted molar refractivity (Wildman–Crippen MR) is 67.1 cm³/mol. The van der Waals surface area contributed by atoms with Crippen molar-refractivity contribution in [2.75, 3.05) is 0 Å². The molecule has 1 rings (SSSR count). The summed E-state index contributed by atoms with van der Waals surface area (Å²) in [4.78, 5) is 21.6. The summed E-state index contributed by atoms with van der Waals surface area (Å²) < 4.78 is 36.8. The largest absolute Gasteiger partial charge is 0.550 e. The molecule has 0 fully saturated rings. The van der Waals surface area contributed by atoms with Gasteiger partial charge in [0.25, 0.3) is 0 Å². The molecule has 1 amide bonds. The van der Waals surface area contributed by atoms with Crippen LogP contribution in [0.3, 0.4) is 0 Å². The Bertz CT molecular complexity index is 509. The third-order valence-corrected chi connectivity index (χ3v) is 2.94. The maximum absolute atomic E-state index is 12.3. The van der Waals surface area contributed by atoms with Crippen LogP contribution in [0.25, 0.3) is 0 Å². The molecule has 0 bridgehead atoms. The fraction of sp³-hybridized carbons (Fsp3) is 0.429. The zero-order chi connectivity index (χ0) is 16.2. The lowest BCUT2D eigenvalue weighted by molar-refractivity contribution is -0.306. The molecule has 1 aromatic carbocycles. The second-order valence-electron chi connectivity index (χ2n) is 4.92. The summed E-state index contributed by atoms with van der Waals surface area (Å²) in [5, 5.41) is 12.3. The lowest BCUT2D eigenvalue weighted by Gasteiger charge is -2.21. The van der Waals surface area contributed by atoms with Crippen LogP contribution in [0.2, 0.25) is 0 Å². The first-order chi connectivity index (χ1) is 9.61. The van der Waals surface area contributed by atoms with Crippen molar-refractivity contribution in [2.45, 2.75) is 38.4 Å². The van der Waals surface area contributed by atoms with Crippen molar-refractivity contribution in [1.82, 2.24) is 5.32 Å². The lowest BCUT2D eigenvalue weighted by atomic mass is 9.97. The predicted octanol–water partition coefficient (Wildman–Crippen LogP) is 1.67. The van der Waals surface area contributed by atoms with Gasteiger partial charge >= 0.3 is 12.1 Å². The van der Waals surface area contributed by atoms with E-state index < -0.39 is 30.5 Å². The summed E-state index contributed by atoms with van der Waals surface area (Å²) in [6.07, 6.45) is -5.80. The quantitative estimate of drug-likeness (QED) is 0.899. The van der Waals surface area contributed by atoms with Crippen molar-refractivity contribution < 1.29 is 27.9 Å². The van der Waals surface area contributed by atoms with Gasteiger partial charge in [0.15, 0.2) is 0 Å². The lowest BCUT2D eigenvalue weighted by Crippen LogP contribution is -2.41.